The summed E-state index contributed by atoms with van der Waals surface area (Å²) in [7, 11) is 0. The summed E-state index contributed by atoms with van der Waals surface area (Å²) >= 11 is 0. The van der Waals surface area contributed by atoms with Crippen LogP contribution in [0.1, 0.15) is 64.3 Å². The van der Waals surface area contributed by atoms with E-state index in [-0.39, 0.29) is 17.2 Å². The number of hydrogen-bond donors (Lipinski definition) is 4. The van der Waals surface area contributed by atoms with E-state index in [2.05, 4.69) is 42.7 Å². The predicted octanol–water partition coefficient (Wildman–Crippen LogP) is 6.48. The van der Waals surface area contributed by atoms with Crippen LogP contribution in [-0.2, 0) is 6.18 Å². The van der Waals surface area contributed by atoms with E-state index in [0.717, 1.165) is 37.3 Å². The van der Waals surface area contributed by atoms with Gasteiger partial charge in [-0.25, -0.2) is 9.18 Å². The normalized spacial score (nSPS) is 14.0. The lowest BCUT2D eigenvalue weighted by Gasteiger charge is -2.22. The van der Waals surface area contributed by atoms with E-state index in [4.69, 9.17) is 0 Å². The maximum atomic E-state index is 13.7. The maximum Gasteiger partial charge on any atom is 0.419 e. The molecule has 216 valence electrons. The van der Waals surface area contributed by atoms with Gasteiger partial charge in [0.15, 0.2) is 0 Å². The number of anilines is 2. The van der Waals surface area contributed by atoms with Crippen LogP contribution in [0, 0.1) is 5.82 Å². The molecule has 4 N–H and O–H groups in total. The molecule has 0 fully saturated rings. The summed E-state index contributed by atoms with van der Waals surface area (Å²) in [4.78, 5) is 25.5. The van der Waals surface area contributed by atoms with E-state index < -0.39 is 35.5 Å². The number of alkyl halides is 3. The molecule has 9 nitrogen and oxygen atoms in total. The quantitative estimate of drug-likeness (QED) is 0.187. The average molecular weight is 580 g/mol. The third kappa shape index (κ3) is 6.79. The van der Waals surface area contributed by atoms with E-state index in [1.807, 2.05) is 24.3 Å². The van der Waals surface area contributed by atoms with Crippen LogP contribution >= 0.6 is 0 Å². The summed E-state index contributed by atoms with van der Waals surface area (Å²) < 4.78 is 53.2. The molecule has 1 atom stereocenters. The fraction of sp³-hybridized carbons (Fsp3) is 0.207. The van der Waals surface area contributed by atoms with Gasteiger partial charge >= 0.3 is 12.2 Å². The van der Waals surface area contributed by atoms with E-state index in [1.54, 1.807) is 24.3 Å². The Kier molecular flexibility index (Phi) is 8.27. The zero-order valence-electron chi connectivity index (χ0n) is 22.0. The Balaban J connectivity index is 1.39. The van der Waals surface area contributed by atoms with Gasteiger partial charge in [0.25, 0.3) is 11.9 Å². The minimum absolute atomic E-state index is 0.00272. The number of hydrogen-bond acceptors (Lipinski definition) is 5. The molecule has 0 bridgehead atoms. The number of aromatic amines is 1. The summed E-state index contributed by atoms with van der Waals surface area (Å²) in [5, 5.41) is 20.6. The molecule has 1 heterocycles. The molecule has 4 aromatic rings. The van der Waals surface area contributed by atoms with Gasteiger partial charge in [0.1, 0.15) is 5.82 Å². The minimum atomic E-state index is -4.92. The molecular weight excluding hydrogens is 554 g/mol. The number of halogens is 4. The lowest BCUT2D eigenvalue weighted by atomic mass is 9.91. The summed E-state index contributed by atoms with van der Waals surface area (Å²) in [5.74, 6) is -1.92. The van der Waals surface area contributed by atoms with E-state index in [9.17, 15) is 27.2 Å². The number of carbonyl (C=O) groups is 2. The molecule has 5 rings (SSSR count). The number of tetrazole rings is 1. The number of urea groups is 1. The lowest BCUT2D eigenvalue weighted by molar-refractivity contribution is -0.139. The van der Waals surface area contributed by atoms with Gasteiger partial charge in [0, 0.05) is 11.3 Å². The second-order valence-corrected chi connectivity index (χ2v) is 9.63. The van der Waals surface area contributed by atoms with Crippen LogP contribution in [-0.4, -0.2) is 32.6 Å². The van der Waals surface area contributed by atoms with Crippen molar-refractivity contribution in [2.45, 2.75) is 37.9 Å². The standard InChI is InChI=1S/C29H25F4N7O2/c30-24-15-14-22(16-23(24)29(31,32)33)34-28(42)35-25(19-8-6-18(7-9-19)17-4-2-1-3-5-17)20-10-12-21(13-11-20)26(41)36-27-37-39-40-38-27/h4,6-16,25H,1-3,5H2,(H2,34,35,42)(H2,36,37,38,39,40,41). The van der Waals surface area contributed by atoms with Gasteiger partial charge in [0.2, 0.25) is 0 Å². The van der Waals surface area contributed by atoms with Gasteiger partial charge in [-0.1, -0.05) is 47.6 Å². The molecule has 3 aromatic carbocycles. The van der Waals surface area contributed by atoms with Crippen LogP contribution in [0.4, 0.5) is 34.0 Å². The molecule has 0 saturated heterocycles. The summed E-state index contributed by atoms with van der Waals surface area (Å²) in [6, 6.07) is 14.7. The average Bonchev–Trinajstić information content (AvgIpc) is 3.50. The maximum absolute atomic E-state index is 13.7. The number of rotatable bonds is 7. The molecule has 1 aliphatic rings. The Labute approximate surface area is 237 Å². The molecule has 0 spiro atoms. The number of allylic oxidation sites excluding steroid dienone is 2. The van der Waals surface area contributed by atoms with Crippen LogP contribution in [0.15, 0.2) is 72.8 Å². The van der Waals surface area contributed by atoms with E-state index in [1.165, 1.54) is 5.57 Å². The smallest absolute Gasteiger partial charge is 0.327 e. The molecule has 1 unspecified atom stereocenters. The first-order valence-electron chi connectivity index (χ1n) is 13.1. The Morgan fingerprint density at radius 2 is 1.62 bits per heavy atom. The van der Waals surface area contributed by atoms with Crippen LogP contribution in [0.5, 0.6) is 0 Å². The highest BCUT2D eigenvalue weighted by Gasteiger charge is 2.34. The highest BCUT2D eigenvalue weighted by molar-refractivity contribution is 6.03. The fourth-order valence-electron chi connectivity index (χ4n) is 4.68. The first-order chi connectivity index (χ1) is 20.2. The zero-order chi connectivity index (χ0) is 29.7. The molecule has 42 heavy (non-hydrogen) atoms. The first kappa shape index (κ1) is 28.5. The van der Waals surface area contributed by atoms with Gasteiger partial charge in [-0.3, -0.25) is 10.1 Å². The number of amides is 3. The van der Waals surface area contributed by atoms with Crippen molar-refractivity contribution in [3.8, 4) is 0 Å². The number of benzene rings is 3. The van der Waals surface area contributed by atoms with Crippen LogP contribution in [0.3, 0.4) is 0 Å². The van der Waals surface area contributed by atoms with Gasteiger partial charge in [0.05, 0.1) is 11.6 Å². The Morgan fingerprint density at radius 3 is 2.24 bits per heavy atom. The van der Waals surface area contributed by atoms with E-state index >= 15 is 0 Å². The van der Waals surface area contributed by atoms with Crippen molar-refractivity contribution in [2.75, 3.05) is 10.6 Å². The number of carbonyl (C=O) groups excluding carboxylic acids is 2. The largest absolute Gasteiger partial charge is 0.419 e. The molecule has 0 saturated carbocycles. The lowest BCUT2D eigenvalue weighted by Crippen LogP contribution is -2.33. The fourth-order valence-corrected chi connectivity index (χ4v) is 4.68. The molecular formula is C29H25F4N7O2. The van der Waals surface area contributed by atoms with Crippen LogP contribution in [0.2, 0.25) is 0 Å². The highest BCUT2D eigenvalue weighted by Crippen LogP contribution is 2.33. The Hall–Kier alpha value is -5.07. The molecule has 0 aliphatic heterocycles. The molecule has 3 amide bonds. The Bertz CT molecular complexity index is 1590. The molecule has 13 heteroatoms. The predicted molar refractivity (Wildman–Crippen MR) is 147 cm³/mol. The monoisotopic (exact) mass is 579 g/mol. The van der Waals surface area contributed by atoms with Gasteiger partial charge in [-0.15, -0.1) is 5.10 Å². The summed E-state index contributed by atoms with van der Waals surface area (Å²) in [5.41, 5.74) is 2.19. The third-order valence-corrected chi connectivity index (χ3v) is 6.79. The number of nitrogens with zero attached hydrogens (tertiary/aromatic N) is 3. The third-order valence-electron chi connectivity index (χ3n) is 6.79. The zero-order valence-corrected chi connectivity index (χ0v) is 22.0. The number of aromatic nitrogens is 4. The summed E-state index contributed by atoms with van der Waals surface area (Å²) in [6.45, 7) is 0. The van der Waals surface area contributed by atoms with Crippen molar-refractivity contribution >= 4 is 29.1 Å². The van der Waals surface area contributed by atoms with Crippen molar-refractivity contribution in [1.29, 1.82) is 0 Å². The van der Waals surface area contributed by atoms with Gasteiger partial charge in [-0.05, 0) is 83.5 Å². The van der Waals surface area contributed by atoms with Crippen molar-refractivity contribution < 1.29 is 27.2 Å². The van der Waals surface area contributed by atoms with E-state index in [0.29, 0.717) is 23.3 Å². The second-order valence-electron chi connectivity index (χ2n) is 9.63. The van der Waals surface area contributed by atoms with Crippen LogP contribution in [0.25, 0.3) is 5.57 Å². The SMILES string of the molecule is O=C(Nc1ccc(F)c(C(F)(F)F)c1)NC(c1ccc(C(=O)Nc2nn[nH]n2)cc1)c1ccc(C2=CCCCC2)cc1. The van der Waals surface area contributed by atoms with Crippen molar-refractivity contribution in [2.24, 2.45) is 0 Å². The summed E-state index contributed by atoms with van der Waals surface area (Å²) in [6.07, 6.45) is 1.57. The molecule has 1 aliphatic carbocycles. The molecule has 1 aromatic heterocycles. The van der Waals surface area contributed by atoms with Crippen molar-refractivity contribution in [1.82, 2.24) is 25.9 Å². The van der Waals surface area contributed by atoms with Gasteiger partial charge < -0.3 is 10.6 Å². The number of nitrogens with one attached hydrogen (secondary N) is 4. The number of H-pyrrole nitrogens is 1. The molecule has 0 radical (unpaired) electrons. The minimum Gasteiger partial charge on any atom is -0.327 e. The topological polar surface area (TPSA) is 125 Å². The Morgan fingerprint density at radius 1 is 0.905 bits per heavy atom. The van der Waals surface area contributed by atoms with Crippen LogP contribution < -0.4 is 16.0 Å². The highest BCUT2D eigenvalue weighted by atomic mass is 19.4. The van der Waals surface area contributed by atoms with Gasteiger partial charge in [-0.2, -0.15) is 18.4 Å². The van der Waals surface area contributed by atoms with Crippen molar-refractivity contribution in [3.63, 3.8) is 0 Å². The second kappa shape index (κ2) is 12.2. The van der Waals surface area contributed by atoms with Crippen molar-refractivity contribution in [3.05, 3.63) is 106 Å². The first-order valence-corrected chi connectivity index (χ1v) is 13.1.